The standard InChI is InChI=1S/C30H28N2O2S/c1-20-16-21(2)18-25(17-20)32-30(34)28(23-11-5-4-6-12-23)35-26-14-9-13-24(19-26)31-29(33)27-15-8-7-10-22(27)3/h4-19,28H,1-3H3,(H,31,33)(H,32,34). The number of thioether (sulfide) groups is 1. The van der Waals surface area contributed by atoms with Gasteiger partial charge in [0.1, 0.15) is 5.25 Å². The van der Waals surface area contributed by atoms with Crippen LogP contribution >= 0.6 is 11.8 Å². The summed E-state index contributed by atoms with van der Waals surface area (Å²) in [6.07, 6.45) is 0. The molecule has 176 valence electrons. The third kappa shape index (κ3) is 6.40. The number of benzene rings is 4. The number of nitrogens with one attached hydrogen (secondary N) is 2. The molecule has 0 fully saturated rings. The Morgan fingerprint density at radius 2 is 1.37 bits per heavy atom. The fourth-order valence-electron chi connectivity index (χ4n) is 3.96. The molecule has 5 heteroatoms. The van der Waals surface area contributed by atoms with Gasteiger partial charge in [0.05, 0.1) is 0 Å². The number of hydrogen-bond donors (Lipinski definition) is 2. The first-order valence-corrected chi connectivity index (χ1v) is 12.3. The minimum absolute atomic E-state index is 0.0967. The summed E-state index contributed by atoms with van der Waals surface area (Å²) in [7, 11) is 0. The van der Waals surface area contributed by atoms with E-state index < -0.39 is 5.25 Å². The molecule has 0 aliphatic heterocycles. The van der Waals surface area contributed by atoms with Gasteiger partial charge in [-0.05, 0) is 79.4 Å². The fraction of sp³-hybridized carbons (Fsp3) is 0.133. The lowest BCUT2D eigenvalue weighted by Gasteiger charge is -2.18. The first kappa shape index (κ1) is 24.3. The largest absolute Gasteiger partial charge is 0.325 e. The van der Waals surface area contributed by atoms with Gasteiger partial charge in [-0.3, -0.25) is 9.59 Å². The van der Waals surface area contributed by atoms with E-state index in [1.165, 1.54) is 11.8 Å². The Morgan fingerprint density at radius 1 is 0.686 bits per heavy atom. The van der Waals surface area contributed by atoms with Gasteiger partial charge in [-0.25, -0.2) is 0 Å². The molecule has 2 amide bonds. The molecule has 0 radical (unpaired) electrons. The van der Waals surface area contributed by atoms with Crippen LogP contribution in [0.2, 0.25) is 0 Å². The van der Waals surface area contributed by atoms with Crippen molar-refractivity contribution in [3.63, 3.8) is 0 Å². The van der Waals surface area contributed by atoms with Crippen molar-refractivity contribution in [2.24, 2.45) is 0 Å². The van der Waals surface area contributed by atoms with Crippen LogP contribution in [-0.4, -0.2) is 11.8 Å². The van der Waals surface area contributed by atoms with Crippen molar-refractivity contribution in [2.45, 2.75) is 30.9 Å². The van der Waals surface area contributed by atoms with Gasteiger partial charge in [0.25, 0.3) is 5.91 Å². The predicted octanol–water partition coefficient (Wildman–Crippen LogP) is 7.34. The molecule has 1 atom stereocenters. The zero-order chi connectivity index (χ0) is 24.8. The normalized spacial score (nSPS) is 11.5. The van der Waals surface area contributed by atoms with Crippen molar-refractivity contribution in [1.82, 2.24) is 0 Å². The minimum atomic E-state index is -0.459. The Balaban J connectivity index is 1.56. The van der Waals surface area contributed by atoms with Crippen molar-refractivity contribution in [1.29, 1.82) is 0 Å². The lowest BCUT2D eigenvalue weighted by molar-refractivity contribution is -0.115. The van der Waals surface area contributed by atoms with Crippen molar-refractivity contribution < 1.29 is 9.59 Å². The summed E-state index contributed by atoms with van der Waals surface area (Å²) in [5, 5.41) is 5.61. The summed E-state index contributed by atoms with van der Waals surface area (Å²) in [6.45, 7) is 5.95. The van der Waals surface area contributed by atoms with E-state index >= 15 is 0 Å². The number of carbonyl (C=O) groups excluding carboxylic acids is 2. The number of rotatable bonds is 7. The average molecular weight is 481 g/mol. The zero-order valence-electron chi connectivity index (χ0n) is 20.0. The van der Waals surface area contributed by atoms with E-state index in [1.807, 2.05) is 112 Å². The first-order valence-electron chi connectivity index (χ1n) is 11.5. The van der Waals surface area contributed by atoms with Crippen molar-refractivity contribution in [3.8, 4) is 0 Å². The van der Waals surface area contributed by atoms with Gasteiger partial charge in [0, 0.05) is 21.8 Å². The molecule has 0 aromatic heterocycles. The highest BCUT2D eigenvalue weighted by Crippen LogP contribution is 2.37. The van der Waals surface area contributed by atoms with Crippen LogP contribution in [0.15, 0.2) is 102 Å². The van der Waals surface area contributed by atoms with E-state index in [0.29, 0.717) is 11.3 Å². The minimum Gasteiger partial charge on any atom is -0.325 e. The van der Waals surface area contributed by atoms with Gasteiger partial charge < -0.3 is 10.6 Å². The predicted molar refractivity (Wildman–Crippen MR) is 145 cm³/mol. The molecule has 0 spiro atoms. The molecule has 0 bridgehead atoms. The van der Waals surface area contributed by atoms with Crippen LogP contribution in [0.3, 0.4) is 0 Å². The Kier molecular flexibility index (Phi) is 7.68. The molecule has 35 heavy (non-hydrogen) atoms. The topological polar surface area (TPSA) is 58.2 Å². The maximum absolute atomic E-state index is 13.4. The van der Waals surface area contributed by atoms with Crippen LogP contribution < -0.4 is 10.6 Å². The zero-order valence-corrected chi connectivity index (χ0v) is 20.9. The molecule has 4 aromatic rings. The van der Waals surface area contributed by atoms with Gasteiger partial charge in [-0.1, -0.05) is 60.7 Å². The highest BCUT2D eigenvalue weighted by Gasteiger charge is 2.22. The summed E-state index contributed by atoms with van der Waals surface area (Å²) >= 11 is 1.45. The average Bonchev–Trinajstić information content (AvgIpc) is 2.83. The maximum atomic E-state index is 13.4. The van der Waals surface area contributed by atoms with Gasteiger partial charge in [0.2, 0.25) is 5.91 Å². The van der Waals surface area contributed by atoms with E-state index in [-0.39, 0.29) is 11.8 Å². The molecule has 0 aliphatic carbocycles. The van der Waals surface area contributed by atoms with E-state index in [1.54, 1.807) is 0 Å². The first-order chi connectivity index (χ1) is 16.9. The molecule has 4 nitrogen and oxygen atoms in total. The molecule has 0 heterocycles. The molecular weight excluding hydrogens is 452 g/mol. The number of aryl methyl sites for hydroxylation is 3. The van der Waals surface area contributed by atoms with Gasteiger partial charge in [-0.15, -0.1) is 11.8 Å². The maximum Gasteiger partial charge on any atom is 0.255 e. The summed E-state index contributed by atoms with van der Waals surface area (Å²) in [4.78, 5) is 27.1. The molecule has 2 N–H and O–H groups in total. The SMILES string of the molecule is Cc1cc(C)cc(NC(=O)C(Sc2cccc(NC(=O)c3ccccc3C)c2)c2ccccc2)c1. The lowest BCUT2D eigenvalue weighted by Crippen LogP contribution is -2.19. The molecular formula is C30H28N2O2S. The van der Waals surface area contributed by atoms with Gasteiger partial charge >= 0.3 is 0 Å². The quantitative estimate of drug-likeness (QED) is 0.272. The number of anilines is 2. The Morgan fingerprint density at radius 3 is 2.09 bits per heavy atom. The molecule has 1 unspecified atom stereocenters. The van der Waals surface area contributed by atoms with E-state index in [0.717, 1.165) is 32.8 Å². The van der Waals surface area contributed by atoms with Crippen molar-refractivity contribution in [2.75, 3.05) is 10.6 Å². The van der Waals surface area contributed by atoms with Crippen LogP contribution in [0, 0.1) is 20.8 Å². The summed E-state index contributed by atoms with van der Waals surface area (Å²) in [6, 6.07) is 30.9. The van der Waals surface area contributed by atoms with Crippen LogP contribution in [0.5, 0.6) is 0 Å². The lowest BCUT2D eigenvalue weighted by atomic mass is 10.1. The Bertz CT molecular complexity index is 1330. The van der Waals surface area contributed by atoms with E-state index in [9.17, 15) is 9.59 Å². The number of carbonyl (C=O) groups is 2. The fourth-order valence-corrected chi connectivity index (χ4v) is 5.05. The summed E-state index contributed by atoms with van der Waals surface area (Å²) < 4.78 is 0. The second-order valence-corrected chi connectivity index (χ2v) is 9.75. The molecule has 0 saturated carbocycles. The van der Waals surface area contributed by atoms with Crippen LogP contribution in [0.1, 0.15) is 37.9 Å². The highest BCUT2D eigenvalue weighted by atomic mass is 32.2. The third-order valence-corrected chi connectivity index (χ3v) is 6.81. The smallest absolute Gasteiger partial charge is 0.255 e. The molecule has 4 rings (SSSR count). The second kappa shape index (κ2) is 11.1. The van der Waals surface area contributed by atoms with Crippen molar-refractivity contribution in [3.05, 3.63) is 125 Å². The molecule has 0 saturated heterocycles. The molecule has 4 aromatic carbocycles. The summed E-state index contributed by atoms with van der Waals surface area (Å²) in [5.74, 6) is -0.252. The van der Waals surface area contributed by atoms with Crippen molar-refractivity contribution >= 4 is 35.0 Å². The second-order valence-electron chi connectivity index (χ2n) is 8.57. The number of hydrogen-bond acceptors (Lipinski definition) is 3. The monoisotopic (exact) mass is 480 g/mol. The Labute approximate surface area is 210 Å². The summed E-state index contributed by atoms with van der Waals surface area (Å²) in [5.41, 5.74) is 6.14. The van der Waals surface area contributed by atoms with E-state index in [2.05, 4.69) is 16.7 Å². The van der Waals surface area contributed by atoms with E-state index in [4.69, 9.17) is 0 Å². The number of amides is 2. The van der Waals surface area contributed by atoms with Crippen LogP contribution in [0.4, 0.5) is 11.4 Å². The van der Waals surface area contributed by atoms with Gasteiger partial charge in [0.15, 0.2) is 0 Å². The van der Waals surface area contributed by atoms with Crippen LogP contribution in [0.25, 0.3) is 0 Å². The molecule has 0 aliphatic rings. The third-order valence-electron chi connectivity index (χ3n) is 5.57. The Hall–Kier alpha value is -3.83. The van der Waals surface area contributed by atoms with Crippen LogP contribution in [-0.2, 0) is 4.79 Å². The highest BCUT2D eigenvalue weighted by molar-refractivity contribution is 8.00. The van der Waals surface area contributed by atoms with Gasteiger partial charge in [-0.2, -0.15) is 0 Å².